The van der Waals surface area contributed by atoms with E-state index in [1.165, 1.54) is 19.3 Å². The van der Waals surface area contributed by atoms with Gasteiger partial charge in [0, 0.05) is 0 Å². The van der Waals surface area contributed by atoms with Gasteiger partial charge in [0.25, 0.3) is 0 Å². The van der Waals surface area contributed by atoms with Crippen LogP contribution in [0.3, 0.4) is 0 Å². The summed E-state index contributed by atoms with van der Waals surface area (Å²) in [6.07, 6.45) is 5.83. The van der Waals surface area contributed by atoms with Crippen molar-refractivity contribution in [1.29, 1.82) is 0 Å². The molecule has 18 heavy (non-hydrogen) atoms. The van der Waals surface area contributed by atoms with Gasteiger partial charge in [-0.25, -0.2) is 0 Å². The Bertz CT molecular complexity index is 211. The molecule has 6 nitrogen and oxygen atoms in total. The Balaban J connectivity index is -0.0000000739. The quantitative estimate of drug-likeness (QED) is 0.332. The van der Waals surface area contributed by atoms with Crippen LogP contribution in [0.5, 0.6) is 0 Å². The van der Waals surface area contributed by atoms with Gasteiger partial charge in [-0.15, -0.1) is 6.58 Å². The summed E-state index contributed by atoms with van der Waals surface area (Å²) >= 11 is 7.21. The van der Waals surface area contributed by atoms with Gasteiger partial charge < -0.3 is 29.4 Å². The normalized spacial score (nSPS) is 9.61. The third kappa shape index (κ3) is 535. The topological polar surface area (TPSA) is 121 Å². The number of hydrogen-bond donors (Lipinski definition) is 6. The van der Waals surface area contributed by atoms with Crippen molar-refractivity contribution in [3.63, 3.8) is 0 Å². The van der Waals surface area contributed by atoms with Gasteiger partial charge in [-0.05, 0) is 30.5 Å². The van der Waals surface area contributed by atoms with Crippen LogP contribution in [0.1, 0.15) is 40.0 Å². The van der Waals surface area contributed by atoms with Gasteiger partial charge >= 0.3 is 13.4 Å². The van der Waals surface area contributed by atoms with Crippen LogP contribution in [0, 0.1) is 0 Å². The molecule has 0 saturated heterocycles. The number of hydrogen-bond acceptors (Lipinski definition) is 2. The molecule has 0 atom stereocenters. The molecule has 0 aliphatic rings. The number of unbranched alkanes of at least 4 members (excludes halogenated alkanes) is 2. The van der Waals surface area contributed by atoms with Crippen LogP contribution in [0.4, 0.5) is 0 Å². The highest BCUT2D eigenvalue weighted by Crippen LogP contribution is 2.26. The summed E-state index contributed by atoms with van der Waals surface area (Å²) in [6.45, 7) is 2.06. The van der Waals surface area contributed by atoms with E-state index in [1.54, 1.807) is 6.08 Å². The minimum atomic E-state index is -3.81. The van der Waals surface area contributed by atoms with E-state index < -0.39 is 13.4 Å². The Kier molecular flexibility index (Phi) is 26.9. The van der Waals surface area contributed by atoms with Crippen molar-refractivity contribution in [2.24, 2.45) is 0 Å². The smallest absolute Gasteiger partial charge is 0.319 e. The highest BCUT2D eigenvalue weighted by molar-refractivity contribution is 8.06. The minimum Gasteiger partial charge on any atom is -0.325 e. The molecule has 0 rings (SSSR count). The molecular formula is C8H24O6P2S2. The van der Waals surface area contributed by atoms with E-state index >= 15 is 0 Å². The average molecular weight is 342 g/mol. The fourth-order valence-electron chi connectivity index (χ4n) is 0.354. The zero-order valence-electron chi connectivity index (χ0n) is 10.8. The highest BCUT2D eigenvalue weighted by atomic mass is 32.5. The second-order valence-corrected chi connectivity index (χ2v) is 7.78. The van der Waals surface area contributed by atoms with Gasteiger partial charge in [-0.3, -0.25) is 0 Å². The maximum Gasteiger partial charge on any atom is 0.319 e. The maximum atomic E-state index is 7.56. The lowest BCUT2D eigenvalue weighted by Crippen LogP contribution is -1.65. The first kappa shape index (κ1) is 27.2. The molecule has 0 aromatic heterocycles. The van der Waals surface area contributed by atoms with Crippen LogP contribution in [-0.4, -0.2) is 29.4 Å². The van der Waals surface area contributed by atoms with Crippen molar-refractivity contribution in [3.8, 4) is 0 Å². The monoisotopic (exact) mass is 342 g/mol. The Hall–Kier alpha value is 0.800. The average Bonchev–Trinajstić information content (AvgIpc) is 2.00. The third-order valence-corrected chi connectivity index (χ3v) is 0.707. The molecule has 0 unspecified atom stereocenters. The van der Waals surface area contributed by atoms with Gasteiger partial charge in [0.15, 0.2) is 0 Å². The molecule has 0 saturated carbocycles. The zero-order chi connectivity index (χ0) is 15.8. The molecule has 114 valence electrons. The molecule has 6 N–H and O–H groups in total. The molecule has 0 aromatic carbocycles. The first-order chi connectivity index (χ1) is 7.83. The molecule has 0 aliphatic carbocycles. The first-order valence-electron chi connectivity index (χ1n) is 4.96. The summed E-state index contributed by atoms with van der Waals surface area (Å²) < 4.78 is 0. The van der Waals surface area contributed by atoms with Gasteiger partial charge in [0.05, 0.1) is 0 Å². The van der Waals surface area contributed by atoms with E-state index in [4.69, 9.17) is 29.4 Å². The minimum absolute atomic E-state index is 1.34. The Morgan fingerprint density at radius 1 is 0.889 bits per heavy atom. The molecular weight excluding hydrogens is 318 g/mol. The largest absolute Gasteiger partial charge is 0.325 e. The number of rotatable bonds is 2. The fourth-order valence-corrected chi connectivity index (χ4v) is 0.354. The van der Waals surface area contributed by atoms with Gasteiger partial charge in [-0.2, -0.15) is 0 Å². The maximum absolute atomic E-state index is 7.56. The van der Waals surface area contributed by atoms with Crippen LogP contribution in [0.2, 0.25) is 0 Å². The molecule has 0 bridgehead atoms. The van der Waals surface area contributed by atoms with E-state index in [2.05, 4.69) is 44.0 Å². The van der Waals surface area contributed by atoms with Crippen molar-refractivity contribution in [1.82, 2.24) is 0 Å². The van der Waals surface area contributed by atoms with Crippen molar-refractivity contribution in [3.05, 3.63) is 12.7 Å². The fraction of sp³-hybridized carbons (Fsp3) is 0.750. The lowest BCUT2D eigenvalue weighted by Gasteiger charge is -1.88. The van der Waals surface area contributed by atoms with Crippen LogP contribution >= 0.6 is 13.4 Å². The van der Waals surface area contributed by atoms with E-state index in [9.17, 15) is 0 Å². The van der Waals surface area contributed by atoms with Crippen molar-refractivity contribution in [2.75, 3.05) is 0 Å². The Labute approximate surface area is 119 Å². The molecule has 0 aliphatic heterocycles. The van der Waals surface area contributed by atoms with Crippen molar-refractivity contribution in [2.45, 2.75) is 40.0 Å². The van der Waals surface area contributed by atoms with Gasteiger partial charge in [0.1, 0.15) is 0 Å². The predicted octanol–water partition coefficient (Wildman–Crippen LogP) is 1.76. The summed E-state index contributed by atoms with van der Waals surface area (Å²) in [4.78, 5) is 45.3. The molecule has 0 amide bonds. The molecule has 0 fully saturated rings. The predicted molar refractivity (Wildman–Crippen MR) is 83.0 cm³/mol. The highest BCUT2D eigenvalue weighted by Gasteiger charge is 1.92. The SMILES string of the molecule is C=CC.CCCCC.OP(O)(O)=S.OP(O)(O)=S. The number of allylic oxidation sites excluding steroid dienone is 1. The van der Waals surface area contributed by atoms with E-state index in [1.807, 2.05) is 6.92 Å². The van der Waals surface area contributed by atoms with E-state index in [0.29, 0.717) is 0 Å². The van der Waals surface area contributed by atoms with Crippen LogP contribution in [0.25, 0.3) is 0 Å². The van der Waals surface area contributed by atoms with Crippen LogP contribution in [-0.2, 0) is 23.6 Å². The second kappa shape index (κ2) is 17.8. The molecule has 10 heteroatoms. The van der Waals surface area contributed by atoms with Gasteiger partial charge in [0.2, 0.25) is 0 Å². The summed E-state index contributed by atoms with van der Waals surface area (Å²) in [7, 11) is 0. The van der Waals surface area contributed by atoms with Gasteiger partial charge in [-0.1, -0.05) is 39.2 Å². The Morgan fingerprint density at radius 2 is 1.00 bits per heavy atom. The van der Waals surface area contributed by atoms with E-state index in [-0.39, 0.29) is 0 Å². The van der Waals surface area contributed by atoms with Crippen molar-refractivity contribution >= 4 is 37.1 Å². The van der Waals surface area contributed by atoms with E-state index in [0.717, 1.165) is 0 Å². The van der Waals surface area contributed by atoms with Crippen molar-refractivity contribution < 1.29 is 29.4 Å². The molecule has 0 aromatic rings. The van der Waals surface area contributed by atoms with Crippen LogP contribution < -0.4 is 0 Å². The molecule has 0 radical (unpaired) electrons. The Morgan fingerprint density at radius 3 is 1.00 bits per heavy atom. The first-order valence-corrected chi connectivity index (χ1v) is 10.3. The summed E-state index contributed by atoms with van der Waals surface area (Å²) in [5.41, 5.74) is 0. The molecule has 0 spiro atoms. The summed E-state index contributed by atoms with van der Waals surface area (Å²) in [6, 6.07) is 0. The second-order valence-electron chi connectivity index (χ2n) is 2.79. The molecule has 0 heterocycles. The lowest BCUT2D eigenvalue weighted by molar-refractivity contribution is 0.361. The lowest BCUT2D eigenvalue weighted by atomic mass is 10.3. The summed E-state index contributed by atoms with van der Waals surface area (Å²) in [5.74, 6) is 0. The third-order valence-electron chi connectivity index (χ3n) is 0.707. The summed E-state index contributed by atoms with van der Waals surface area (Å²) in [5, 5.41) is 0. The van der Waals surface area contributed by atoms with Crippen LogP contribution in [0.15, 0.2) is 12.7 Å². The standard InChI is InChI=1S/C5H12.C3H6.2H3O3PS/c1-3-5-4-2;1-3-2;2*1-4(2,3)5/h3-5H2,1-2H3;3H,1H2,2H3;2*(H3,1,2,3,5). The zero-order valence-corrected chi connectivity index (χ0v) is 14.2.